The van der Waals surface area contributed by atoms with Crippen molar-refractivity contribution >= 4 is 12.2 Å². The highest BCUT2D eigenvalue weighted by atomic mass is 32.2. The lowest BCUT2D eigenvalue weighted by Gasteiger charge is -1.93. The molecule has 0 aliphatic rings. The number of hydrogen-bond acceptors (Lipinski definition) is 5. The van der Waals surface area contributed by atoms with Crippen LogP contribution in [0.5, 0.6) is 0 Å². The second kappa shape index (κ2) is 6.19. The molecule has 0 aliphatic carbocycles. The van der Waals surface area contributed by atoms with Gasteiger partial charge in [-0.2, -0.15) is 0 Å². The first-order valence-electron chi connectivity index (χ1n) is 1.76. The molecule has 0 heterocycles. The second-order valence-electron chi connectivity index (χ2n) is 0.856. The van der Waals surface area contributed by atoms with Crippen LogP contribution in [0.3, 0.4) is 0 Å². The minimum Gasteiger partial charge on any atom is -0.317 e. The van der Waals surface area contributed by atoms with E-state index in [2.05, 4.69) is 15.5 Å². The summed E-state index contributed by atoms with van der Waals surface area (Å²) in [6, 6.07) is 0. The highest BCUT2D eigenvalue weighted by molar-refractivity contribution is 7.91. The molecule has 0 saturated heterocycles. The lowest BCUT2D eigenvalue weighted by Crippen LogP contribution is -2.14. The Hall–Kier alpha value is 0.190. The first-order chi connectivity index (χ1) is 3.41. The van der Waals surface area contributed by atoms with Crippen molar-refractivity contribution in [3.8, 4) is 0 Å². The highest BCUT2D eigenvalue weighted by Gasteiger charge is 1.79. The molecule has 0 fully saturated rings. The van der Waals surface area contributed by atoms with Gasteiger partial charge in [0.05, 0.1) is 18.8 Å². The Balaban J connectivity index is 2.45. The molecule has 0 spiro atoms. The summed E-state index contributed by atoms with van der Waals surface area (Å²) in [6.45, 7) is 0.964. The van der Waals surface area contributed by atoms with E-state index in [0.29, 0.717) is 25.4 Å². The molecule has 0 aliphatic heterocycles. The van der Waals surface area contributed by atoms with Gasteiger partial charge in [0.25, 0.3) is 0 Å². The topological polar surface area (TPSA) is 67.5 Å². The van der Waals surface area contributed by atoms with Crippen molar-refractivity contribution in [1.29, 1.82) is 0 Å². The van der Waals surface area contributed by atoms with Gasteiger partial charge in [-0.15, -0.1) is 0 Å². The molecule has 0 atom stereocenters. The summed E-state index contributed by atoms with van der Waals surface area (Å²) in [4.78, 5) is 4.16. The van der Waals surface area contributed by atoms with E-state index in [1.165, 1.54) is 0 Å². The summed E-state index contributed by atoms with van der Waals surface area (Å²) < 4.78 is 10.5. The zero-order valence-corrected chi connectivity index (χ0v) is 4.57. The van der Waals surface area contributed by atoms with Crippen molar-refractivity contribution in [3.05, 3.63) is 0 Å². The van der Waals surface area contributed by atoms with E-state index in [1.807, 2.05) is 0 Å². The van der Waals surface area contributed by atoms with Gasteiger partial charge < -0.3 is 9.39 Å². The third kappa shape index (κ3) is 6.19. The van der Waals surface area contributed by atoms with Crippen LogP contribution in [0.25, 0.3) is 0 Å². The Morgan fingerprint density at radius 2 is 2.57 bits per heavy atom. The van der Waals surface area contributed by atoms with Crippen LogP contribution in [0.2, 0.25) is 0 Å². The van der Waals surface area contributed by atoms with Crippen molar-refractivity contribution in [1.82, 2.24) is 4.72 Å². The molecule has 0 rings (SSSR count). The van der Waals surface area contributed by atoms with Crippen LogP contribution in [-0.2, 0) is 4.84 Å². The SMILES string of the molecule is NOCCNSO. The van der Waals surface area contributed by atoms with Crippen molar-refractivity contribution in [3.63, 3.8) is 0 Å². The van der Waals surface area contributed by atoms with Crippen molar-refractivity contribution in [2.24, 2.45) is 5.90 Å². The third-order valence-corrected chi connectivity index (χ3v) is 0.720. The molecule has 5 heteroatoms. The largest absolute Gasteiger partial charge is 0.317 e. The maximum absolute atomic E-state index is 8.00. The molecular formula is C2H8N2O2S. The van der Waals surface area contributed by atoms with Crippen LogP contribution in [0.1, 0.15) is 0 Å². The van der Waals surface area contributed by atoms with E-state index in [9.17, 15) is 0 Å². The fourth-order valence-corrected chi connectivity index (χ4v) is 0.321. The number of hydrogen-bond donors (Lipinski definition) is 3. The van der Waals surface area contributed by atoms with Crippen molar-refractivity contribution in [2.45, 2.75) is 0 Å². The smallest absolute Gasteiger partial charge is 0.0813 e. The number of nitrogens with one attached hydrogen (secondary N) is 1. The first-order valence-corrected chi connectivity index (χ1v) is 2.54. The van der Waals surface area contributed by atoms with E-state index in [0.717, 1.165) is 0 Å². The van der Waals surface area contributed by atoms with Gasteiger partial charge in [0, 0.05) is 6.54 Å². The summed E-state index contributed by atoms with van der Waals surface area (Å²) in [5.74, 6) is 4.64. The van der Waals surface area contributed by atoms with Crippen molar-refractivity contribution < 1.29 is 9.39 Å². The van der Waals surface area contributed by atoms with Gasteiger partial charge in [0.15, 0.2) is 0 Å². The van der Waals surface area contributed by atoms with Gasteiger partial charge in [-0.25, -0.2) is 10.6 Å². The predicted molar refractivity (Wildman–Crippen MR) is 28.4 cm³/mol. The number of rotatable bonds is 4. The molecule has 0 aromatic carbocycles. The maximum Gasteiger partial charge on any atom is 0.0813 e. The minimum absolute atomic E-state index is 0.410. The molecule has 7 heavy (non-hydrogen) atoms. The van der Waals surface area contributed by atoms with E-state index in [4.69, 9.17) is 4.55 Å². The first kappa shape index (κ1) is 7.19. The second-order valence-corrected chi connectivity index (χ2v) is 1.33. The monoisotopic (exact) mass is 124 g/mol. The molecule has 0 radical (unpaired) electrons. The molecule has 0 aromatic rings. The third-order valence-electron chi connectivity index (χ3n) is 0.387. The van der Waals surface area contributed by atoms with Gasteiger partial charge >= 0.3 is 0 Å². The summed E-state index contributed by atoms with van der Waals surface area (Å²) in [7, 11) is 0. The Morgan fingerprint density at radius 3 is 3.00 bits per heavy atom. The summed E-state index contributed by atoms with van der Waals surface area (Å²) in [5.41, 5.74) is 0. The van der Waals surface area contributed by atoms with Gasteiger partial charge in [-0.3, -0.25) is 0 Å². The van der Waals surface area contributed by atoms with E-state index >= 15 is 0 Å². The predicted octanol–water partition coefficient (Wildman–Crippen LogP) is -0.412. The quantitative estimate of drug-likeness (QED) is 0.206. The van der Waals surface area contributed by atoms with Crippen molar-refractivity contribution in [2.75, 3.05) is 13.2 Å². The Morgan fingerprint density at radius 1 is 1.86 bits per heavy atom. The van der Waals surface area contributed by atoms with E-state index in [-0.39, 0.29) is 0 Å². The van der Waals surface area contributed by atoms with Crippen LogP contribution < -0.4 is 10.6 Å². The van der Waals surface area contributed by atoms with Crippen LogP contribution in [0, 0.1) is 0 Å². The average molecular weight is 124 g/mol. The van der Waals surface area contributed by atoms with E-state index in [1.54, 1.807) is 0 Å². The summed E-state index contributed by atoms with van der Waals surface area (Å²) in [5, 5.41) is 0. The molecule has 44 valence electrons. The zero-order valence-electron chi connectivity index (χ0n) is 3.76. The molecule has 0 aromatic heterocycles. The molecular weight excluding hydrogens is 116 g/mol. The van der Waals surface area contributed by atoms with E-state index < -0.39 is 0 Å². The van der Waals surface area contributed by atoms with Gasteiger partial charge in [-0.1, -0.05) is 0 Å². The summed E-state index contributed by atoms with van der Waals surface area (Å²) >= 11 is 0.556. The minimum atomic E-state index is 0.410. The highest BCUT2D eigenvalue weighted by Crippen LogP contribution is 1.76. The lowest BCUT2D eigenvalue weighted by molar-refractivity contribution is 0.143. The molecule has 0 saturated carbocycles. The van der Waals surface area contributed by atoms with Crippen LogP contribution in [-0.4, -0.2) is 17.7 Å². The fourth-order valence-electron chi connectivity index (χ4n) is 0.146. The van der Waals surface area contributed by atoms with Crippen LogP contribution in [0.4, 0.5) is 0 Å². The zero-order chi connectivity index (χ0) is 5.54. The van der Waals surface area contributed by atoms with Gasteiger partial charge in [-0.05, 0) is 0 Å². The maximum atomic E-state index is 8.00. The average Bonchev–Trinajstić information content (AvgIpc) is 1.69. The Bertz CT molecular complexity index is 32.9. The Kier molecular flexibility index (Phi) is 6.36. The number of nitrogens with two attached hydrogens (primary N) is 1. The standard InChI is InChI=1S/C2H8N2O2S/c3-6-2-1-4-7-5/h4-5H,1-3H2. The van der Waals surface area contributed by atoms with Crippen LogP contribution >= 0.6 is 12.2 Å². The molecule has 4 N–H and O–H groups in total. The Labute approximate surface area is 46.3 Å². The summed E-state index contributed by atoms with van der Waals surface area (Å²) in [6.07, 6.45) is 0. The molecule has 0 bridgehead atoms. The van der Waals surface area contributed by atoms with Crippen LogP contribution in [0.15, 0.2) is 0 Å². The van der Waals surface area contributed by atoms with Gasteiger partial charge in [0.1, 0.15) is 0 Å². The van der Waals surface area contributed by atoms with Gasteiger partial charge in [0.2, 0.25) is 0 Å². The molecule has 4 nitrogen and oxygen atoms in total. The molecule has 0 amide bonds. The molecule has 0 unspecified atom stereocenters. The normalized spacial score (nSPS) is 9.43. The lowest BCUT2D eigenvalue weighted by atomic mass is 10.8. The fraction of sp³-hybridized carbons (Fsp3) is 1.00.